The van der Waals surface area contributed by atoms with Crippen LogP contribution in [-0.2, 0) is 0 Å². The lowest BCUT2D eigenvalue weighted by molar-refractivity contribution is 0.102. The largest absolute Gasteiger partial charge is 0.357 e. The molecule has 0 unspecified atom stereocenters. The Balaban J connectivity index is 1.42. The third-order valence-corrected chi connectivity index (χ3v) is 5.15. The first kappa shape index (κ1) is 17.7. The summed E-state index contributed by atoms with van der Waals surface area (Å²) in [5, 5.41) is 7.15. The van der Waals surface area contributed by atoms with E-state index in [9.17, 15) is 4.79 Å². The molecule has 0 bridgehead atoms. The summed E-state index contributed by atoms with van der Waals surface area (Å²) in [4.78, 5) is 19.3. The molecule has 1 fully saturated rings. The summed E-state index contributed by atoms with van der Waals surface area (Å²) in [6.07, 6.45) is 8.70. The third kappa shape index (κ3) is 4.19. The molecule has 1 aliphatic heterocycles. The van der Waals surface area contributed by atoms with Gasteiger partial charge < -0.3 is 10.2 Å². The van der Waals surface area contributed by atoms with Crippen LogP contribution in [0.15, 0.2) is 59.5 Å². The number of pyridine rings is 1. The number of carbonyl (C=O) groups is 1. The zero-order valence-electron chi connectivity index (χ0n) is 14.8. The maximum atomic E-state index is 12.5. The zero-order valence-corrected chi connectivity index (χ0v) is 16.4. The van der Waals surface area contributed by atoms with Crippen molar-refractivity contribution in [1.29, 1.82) is 0 Å². The molecule has 1 aromatic carbocycles. The van der Waals surface area contributed by atoms with E-state index < -0.39 is 0 Å². The van der Waals surface area contributed by atoms with Crippen molar-refractivity contribution in [2.75, 3.05) is 23.3 Å². The Morgan fingerprint density at radius 1 is 1.00 bits per heavy atom. The SMILES string of the molecule is O=C(Nc1ccc(N2CCCCC2)nc1)c1cnn(-c2ccc(Br)cc2)c1. The fourth-order valence-corrected chi connectivity index (χ4v) is 3.41. The van der Waals surface area contributed by atoms with Crippen molar-refractivity contribution >= 4 is 33.3 Å². The van der Waals surface area contributed by atoms with E-state index >= 15 is 0 Å². The molecular formula is C20H20BrN5O. The summed E-state index contributed by atoms with van der Waals surface area (Å²) in [7, 11) is 0. The number of piperidine rings is 1. The van der Waals surface area contributed by atoms with Crippen LogP contribution in [-0.4, -0.2) is 33.8 Å². The van der Waals surface area contributed by atoms with Gasteiger partial charge in [-0.15, -0.1) is 0 Å². The molecule has 1 saturated heterocycles. The van der Waals surface area contributed by atoms with E-state index in [0.29, 0.717) is 11.3 Å². The first-order valence-electron chi connectivity index (χ1n) is 9.02. The van der Waals surface area contributed by atoms with Crippen LogP contribution in [0.3, 0.4) is 0 Å². The van der Waals surface area contributed by atoms with Crippen molar-refractivity contribution in [3.63, 3.8) is 0 Å². The van der Waals surface area contributed by atoms with E-state index in [4.69, 9.17) is 0 Å². The maximum absolute atomic E-state index is 12.5. The second-order valence-corrected chi connectivity index (χ2v) is 7.47. The fraction of sp³-hybridized carbons (Fsp3) is 0.250. The molecule has 2 aromatic heterocycles. The van der Waals surface area contributed by atoms with E-state index in [-0.39, 0.29) is 5.91 Å². The number of nitrogens with one attached hydrogen (secondary N) is 1. The molecule has 6 nitrogen and oxygen atoms in total. The van der Waals surface area contributed by atoms with Crippen molar-refractivity contribution in [2.24, 2.45) is 0 Å². The van der Waals surface area contributed by atoms with E-state index in [1.807, 2.05) is 36.4 Å². The van der Waals surface area contributed by atoms with Gasteiger partial charge in [0.15, 0.2) is 0 Å². The molecule has 0 aliphatic carbocycles. The second kappa shape index (κ2) is 7.92. The van der Waals surface area contributed by atoms with Gasteiger partial charge >= 0.3 is 0 Å². The Morgan fingerprint density at radius 2 is 1.78 bits per heavy atom. The lowest BCUT2D eigenvalue weighted by Crippen LogP contribution is -2.30. The number of aromatic nitrogens is 3. The Kier molecular flexibility index (Phi) is 5.20. The van der Waals surface area contributed by atoms with Gasteiger partial charge in [-0.3, -0.25) is 4.79 Å². The van der Waals surface area contributed by atoms with Crippen LogP contribution in [0.1, 0.15) is 29.6 Å². The molecule has 1 aliphatic rings. The second-order valence-electron chi connectivity index (χ2n) is 6.56. The van der Waals surface area contributed by atoms with Gasteiger partial charge in [0.05, 0.1) is 29.3 Å². The number of hydrogen-bond acceptors (Lipinski definition) is 4. The van der Waals surface area contributed by atoms with Crippen molar-refractivity contribution < 1.29 is 4.79 Å². The number of nitrogens with zero attached hydrogens (tertiary/aromatic N) is 4. The monoisotopic (exact) mass is 425 g/mol. The fourth-order valence-electron chi connectivity index (χ4n) is 3.15. The van der Waals surface area contributed by atoms with Crippen LogP contribution in [0.25, 0.3) is 5.69 Å². The summed E-state index contributed by atoms with van der Waals surface area (Å²) in [6.45, 7) is 2.10. The number of amides is 1. The summed E-state index contributed by atoms with van der Waals surface area (Å²) < 4.78 is 2.68. The molecule has 1 amide bonds. The van der Waals surface area contributed by atoms with Crippen LogP contribution in [0.4, 0.5) is 11.5 Å². The first-order chi connectivity index (χ1) is 13.2. The van der Waals surface area contributed by atoms with Crippen LogP contribution in [0, 0.1) is 0 Å². The number of anilines is 2. The van der Waals surface area contributed by atoms with Crippen LogP contribution in [0.5, 0.6) is 0 Å². The number of benzene rings is 1. The summed E-state index contributed by atoms with van der Waals surface area (Å²) in [5.41, 5.74) is 2.07. The topological polar surface area (TPSA) is 63.1 Å². The molecule has 0 atom stereocenters. The predicted molar refractivity (Wildman–Crippen MR) is 110 cm³/mol. The molecule has 4 rings (SSSR count). The smallest absolute Gasteiger partial charge is 0.258 e. The molecule has 0 saturated carbocycles. The highest BCUT2D eigenvalue weighted by molar-refractivity contribution is 9.10. The average Bonchev–Trinajstić information content (AvgIpc) is 3.20. The van der Waals surface area contributed by atoms with Crippen LogP contribution >= 0.6 is 15.9 Å². The summed E-state index contributed by atoms with van der Waals surface area (Å²) >= 11 is 3.41. The lowest BCUT2D eigenvalue weighted by Gasteiger charge is -2.27. The quantitative estimate of drug-likeness (QED) is 0.677. The van der Waals surface area contributed by atoms with Crippen molar-refractivity contribution in [2.45, 2.75) is 19.3 Å². The average molecular weight is 426 g/mol. The molecule has 3 aromatic rings. The Hall–Kier alpha value is -2.67. The van der Waals surface area contributed by atoms with Gasteiger partial charge in [-0.25, -0.2) is 9.67 Å². The minimum atomic E-state index is -0.203. The summed E-state index contributed by atoms with van der Waals surface area (Å²) in [5.74, 6) is 0.765. The van der Waals surface area contributed by atoms with Crippen LogP contribution < -0.4 is 10.2 Å². The number of rotatable bonds is 4. The summed E-state index contributed by atoms with van der Waals surface area (Å²) in [6, 6.07) is 11.6. The number of hydrogen-bond donors (Lipinski definition) is 1. The highest BCUT2D eigenvalue weighted by Gasteiger charge is 2.13. The Labute approximate surface area is 166 Å². The lowest BCUT2D eigenvalue weighted by atomic mass is 10.1. The molecule has 3 heterocycles. The molecule has 0 spiro atoms. The minimum Gasteiger partial charge on any atom is -0.357 e. The Bertz CT molecular complexity index is 914. The molecule has 138 valence electrons. The van der Waals surface area contributed by atoms with Gasteiger partial charge in [0.25, 0.3) is 5.91 Å². The van der Waals surface area contributed by atoms with E-state index in [1.54, 1.807) is 23.3 Å². The molecular weight excluding hydrogens is 406 g/mol. The van der Waals surface area contributed by atoms with E-state index in [2.05, 4.69) is 36.2 Å². The molecule has 0 radical (unpaired) electrons. The van der Waals surface area contributed by atoms with Gasteiger partial charge in [-0.05, 0) is 55.7 Å². The van der Waals surface area contributed by atoms with Crippen molar-refractivity contribution in [3.8, 4) is 5.69 Å². The Morgan fingerprint density at radius 3 is 2.48 bits per heavy atom. The van der Waals surface area contributed by atoms with Gasteiger partial charge in [-0.1, -0.05) is 15.9 Å². The number of carbonyl (C=O) groups excluding carboxylic acids is 1. The minimum absolute atomic E-state index is 0.203. The standard InChI is InChI=1S/C20H20BrN5O/c21-16-4-7-18(8-5-16)26-14-15(12-23-26)20(27)24-17-6-9-19(22-13-17)25-10-2-1-3-11-25/h4-9,12-14H,1-3,10-11H2,(H,24,27). The maximum Gasteiger partial charge on any atom is 0.258 e. The third-order valence-electron chi connectivity index (χ3n) is 4.62. The van der Waals surface area contributed by atoms with Gasteiger partial charge in [-0.2, -0.15) is 5.10 Å². The zero-order chi connectivity index (χ0) is 18.6. The van der Waals surface area contributed by atoms with Gasteiger partial charge in [0.1, 0.15) is 5.82 Å². The molecule has 27 heavy (non-hydrogen) atoms. The number of halogens is 1. The van der Waals surface area contributed by atoms with Crippen LogP contribution in [0.2, 0.25) is 0 Å². The highest BCUT2D eigenvalue weighted by Crippen LogP contribution is 2.19. The molecule has 7 heteroatoms. The highest BCUT2D eigenvalue weighted by atomic mass is 79.9. The van der Waals surface area contributed by atoms with Gasteiger partial charge in [0.2, 0.25) is 0 Å². The van der Waals surface area contributed by atoms with Crippen molar-refractivity contribution in [3.05, 3.63) is 65.0 Å². The van der Waals surface area contributed by atoms with Gasteiger partial charge in [0, 0.05) is 23.8 Å². The van der Waals surface area contributed by atoms with E-state index in [1.165, 1.54) is 19.3 Å². The van der Waals surface area contributed by atoms with E-state index in [0.717, 1.165) is 29.1 Å². The first-order valence-corrected chi connectivity index (χ1v) is 9.81. The normalized spacial score (nSPS) is 14.2. The molecule has 1 N–H and O–H groups in total. The predicted octanol–water partition coefficient (Wildman–Crippen LogP) is 4.27. The van der Waals surface area contributed by atoms with Crippen molar-refractivity contribution in [1.82, 2.24) is 14.8 Å².